The summed E-state index contributed by atoms with van der Waals surface area (Å²) in [5, 5.41) is 2.99. The fourth-order valence-electron chi connectivity index (χ4n) is 2.75. The van der Waals surface area contributed by atoms with E-state index in [0.717, 1.165) is 5.56 Å². The molecule has 0 aromatic heterocycles. The zero-order valence-electron chi connectivity index (χ0n) is 13.9. The predicted molar refractivity (Wildman–Crippen MR) is 89.9 cm³/mol. The molecule has 1 N–H and O–H groups in total. The molecular weight excluding hydrogens is 314 g/mol. The first-order chi connectivity index (χ1) is 10.8. The third kappa shape index (κ3) is 4.31. The normalized spacial score (nSPS) is 21.1. The van der Waals surface area contributed by atoms with Gasteiger partial charge in [-0.15, -0.1) is 0 Å². The number of nitrogens with zero attached hydrogens (tertiary/aromatic N) is 2. The van der Waals surface area contributed by atoms with Gasteiger partial charge in [0.15, 0.2) is 0 Å². The van der Waals surface area contributed by atoms with Crippen molar-refractivity contribution in [3.63, 3.8) is 0 Å². The second-order valence-corrected chi connectivity index (χ2v) is 8.27. The average Bonchev–Trinajstić information content (AvgIpc) is 2.55. The van der Waals surface area contributed by atoms with Gasteiger partial charge in [-0.25, -0.2) is 0 Å². The molecule has 0 radical (unpaired) electrons. The summed E-state index contributed by atoms with van der Waals surface area (Å²) in [4.78, 5) is 12.5. The van der Waals surface area contributed by atoms with E-state index in [-0.39, 0.29) is 24.4 Å². The van der Waals surface area contributed by atoms with Crippen LogP contribution in [0.15, 0.2) is 30.3 Å². The minimum Gasteiger partial charge on any atom is -0.349 e. The fourth-order valence-corrected chi connectivity index (χ4v) is 3.94. The van der Waals surface area contributed by atoms with Crippen molar-refractivity contribution in [3.05, 3.63) is 35.9 Å². The van der Waals surface area contributed by atoms with Crippen LogP contribution in [0.1, 0.15) is 31.4 Å². The topological polar surface area (TPSA) is 69.7 Å². The smallest absolute Gasteiger partial charge is 0.281 e. The summed E-state index contributed by atoms with van der Waals surface area (Å²) in [5.74, 6) is -0.385. The number of amides is 1. The van der Waals surface area contributed by atoms with Crippen molar-refractivity contribution in [2.24, 2.45) is 5.92 Å². The number of carbonyl (C=O) groups excluding carboxylic acids is 1. The molecule has 23 heavy (non-hydrogen) atoms. The van der Waals surface area contributed by atoms with Crippen LogP contribution < -0.4 is 5.32 Å². The van der Waals surface area contributed by atoms with Gasteiger partial charge in [-0.2, -0.15) is 17.0 Å². The van der Waals surface area contributed by atoms with E-state index in [1.54, 1.807) is 0 Å². The fraction of sp³-hybridized carbons (Fsp3) is 0.562. The summed E-state index contributed by atoms with van der Waals surface area (Å²) in [6.45, 7) is 2.65. The van der Waals surface area contributed by atoms with E-state index in [9.17, 15) is 13.2 Å². The molecule has 1 heterocycles. The molecule has 6 nitrogen and oxygen atoms in total. The largest absolute Gasteiger partial charge is 0.349 e. The Bertz CT molecular complexity index is 631. The summed E-state index contributed by atoms with van der Waals surface area (Å²) in [6.07, 6.45) is 1.41. The zero-order valence-corrected chi connectivity index (χ0v) is 14.7. The molecule has 0 saturated carbocycles. The molecule has 0 unspecified atom stereocenters. The van der Waals surface area contributed by atoms with Crippen molar-refractivity contribution in [1.82, 2.24) is 13.9 Å². The maximum Gasteiger partial charge on any atom is 0.281 e. The molecule has 2 atom stereocenters. The lowest BCUT2D eigenvalue weighted by Gasteiger charge is -2.33. The van der Waals surface area contributed by atoms with Crippen LogP contribution in [0.3, 0.4) is 0 Å². The van der Waals surface area contributed by atoms with Crippen LogP contribution in [-0.4, -0.2) is 50.1 Å². The summed E-state index contributed by atoms with van der Waals surface area (Å²) in [7, 11) is -0.440. The lowest BCUT2D eigenvalue weighted by Crippen LogP contribution is -2.49. The van der Waals surface area contributed by atoms with Crippen molar-refractivity contribution >= 4 is 16.1 Å². The number of piperidine rings is 1. The number of hydrogen-bond acceptors (Lipinski definition) is 3. The first-order valence-corrected chi connectivity index (χ1v) is 9.25. The Morgan fingerprint density at radius 1 is 1.30 bits per heavy atom. The molecule has 128 valence electrons. The number of benzene rings is 1. The highest BCUT2D eigenvalue weighted by atomic mass is 32.2. The SMILES string of the molecule is C[C@H](NC(=O)[C@@H]1CCCN(S(=O)(=O)N(C)C)C1)c1ccccc1. The second kappa shape index (κ2) is 7.42. The average molecular weight is 339 g/mol. The molecule has 1 aliphatic heterocycles. The van der Waals surface area contributed by atoms with Crippen LogP contribution in [0.2, 0.25) is 0 Å². The van der Waals surface area contributed by atoms with Crippen LogP contribution >= 0.6 is 0 Å². The number of carbonyl (C=O) groups is 1. The Morgan fingerprint density at radius 2 is 1.96 bits per heavy atom. The van der Waals surface area contributed by atoms with Crippen molar-refractivity contribution in [2.45, 2.75) is 25.8 Å². The Hall–Kier alpha value is -1.44. The van der Waals surface area contributed by atoms with E-state index in [2.05, 4.69) is 5.32 Å². The molecule has 1 aromatic rings. The van der Waals surface area contributed by atoms with Gasteiger partial charge in [0.1, 0.15) is 0 Å². The second-order valence-electron chi connectivity index (χ2n) is 6.13. The number of rotatable bonds is 5. The molecular formula is C16H25N3O3S. The Labute approximate surface area is 138 Å². The molecule has 1 saturated heterocycles. The van der Waals surface area contributed by atoms with Crippen molar-refractivity contribution < 1.29 is 13.2 Å². The van der Waals surface area contributed by atoms with E-state index in [1.165, 1.54) is 22.7 Å². The maximum atomic E-state index is 12.5. The van der Waals surface area contributed by atoms with Crippen molar-refractivity contribution in [3.8, 4) is 0 Å². The van der Waals surface area contributed by atoms with Crippen LogP contribution in [0.4, 0.5) is 0 Å². The van der Waals surface area contributed by atoms with E-state index in [4.69, 9.17) is 0 Å². The van der Waals surface area contributed by atoms with Crippen molar-refractivity contribution in [2.75, 3.05) is 27.2 Å². The van der Waals surface area contributed by atoms with Gasteiger partial charge in [0, 0.05) is 27.2 Å². The molecule has 7 heteroatoms. The van der Waals surface area contributed by atoms with Gasteiger partial charge < -0.3 is 5.32 Å². The first kappa shape index (κ1) is 17.9. The Kier molecular flexibility index (Phi) is 5.78. The Morgan fingerprint density at radius 3 is 2.57 bits per heavy atom. The highest BCUT2D eigenvalue weighted by Gasteiger charge is 2.33. The predicted octanol–water partition coefficient (Wildman–Crippen LogP) is 1.38. The monoisotopic (exact) mass is 339 g/mol. The van der Waals surface area contributed by atoms with Crippen LogP contribution in [0.25, 0.3) is 0 Å². The number of nitrogens with one attached hydrogen (secondary N) is 1. The summed E-state index contributed by atoms with van der Waals surface area (Å²) in [5.41, 5.74) is 1.04. The molecule has 1 amide bonds. The highest BCUT2D eigenvalue weighted by Crippen LogP contribution is 2.21. The molecule has 1 fully saturated rings. The third-order valence-corrected chi connectivity index (χ3v) is 6.11. The summed E-state index contributed by atoms with van der Waals surface area (Å²) < 4.78 is 27.0. The quantitative estimate of drug-likeness (QED) is 0.881. The van der Waals surface area contributed by atoms with Crippen LogP contribution in [-0.2, 0) is 15.0 Å². The van der Waals surface area contributed by atoms with Gasteiger partial charge >= 0.3 is 0 Å². The van der Waals surface area contributed by atoms with Gasteiger partial charge in [0.2, 0.25) is 5.91 Å². The van der Waals surface area contributed by atoms with Gasteiger partial charge in [-0.1, -0.05) is 30.3 Å². The lowest BCUT2D eigenvalue weighted by atomic mass is 9.98. The molecule has 1 aliphatic rings. The number of hydrogen-bond donors (Lipinski definition) is 1. The van der Waals surface area contributed by atoms with E-state index >= 15 is 0 Å². The standard InChI is InChI=1S/C16H25N3O3S/c1-13(14-8-5-4-6-9-14)17-16(20)15-10-7-11-19(12-15)23(21,22)18(2)3/h4-6,8-9,13,15H,7,10-12H2,1-3H3,(H,17,20)/t13-,15+/m0/s1. The van der Waals surface area contributed by atoms with Gasteiger partial charge in [0.05, 0.1) is 12.0 Å². The van der Waals surface area contributed by atoms with Gasteiger partial charge in [-0.05, 0) is 25.3 Å². The zero-order chi connectivity index (χ0) is 17.0. The molecule has 2 rings (SSSR count). The molecule has 0 bridgehead atoms. The highest BCUT2D eigenvalue weighted by molar-refractivity contribution is 7.86. The minimum atomic E-state index is -3.46. The van der Waals surface area contributed by atoms with Crippen LogP contribution in [0, 0.1) is 5.92 Å². The van der Waals surface area contributed by atoms with E-state index in [1.807, 2.05) is 37.3 Å². The molecule has 1 aromatic carbocycles. The summed E-state index contributed by atoms with van der Waals surface area (Å²) in [6, 6.07) is 9.64. The molecule has 0 spiro atoms. The lowest BCUT2D eigenvalue weighted by molar-refractivity contribution is -0.126. The van der Waals surface area contributed by atoms with E-state index < -0.39 is 10.2 Å². The van der Waals surface area contributed by atoms with Gasteiger partial charge in [0.25, 0.3) is 10.2 Å². The molecule has 0 aliphatic carbocycles. The summed E-state index contributed by atoms with van der Waals surface area (Å²) >= 11 is 0. The third-order valence-electron chi connectivity index (χ3n) is 4.20. The van der Waals surface area contributed by atoms with Crippen LogP contribution in [0.5, 0.6) is 0 Å². The van der Waals surface area contributed by atoms with Crippen molar-refractivity contribution in [1.29, 1.82) is 0 Å². The van der Waals surface area contributed by atoms with E-state index in [0.29, 0.717) is 19.4 Å². The maximum absolute atomic E-state index is 12.5. The Balaban J connectivity index is 2.00. The first-order valence-electron chi connectivity index (χ1n) is 7.85. The van der Waals surface area contributed by atoms with Gasteiger partial charge in [-0.3, -0.25) is 4.79 Å². The minimum absolute atomic E-state index is 0.0833.